The molecule has 0 aromatic carbocycles. The number of nitrogens with one attached hydrogen (secondary N) is 1. The normalized spacial score (nSPS) is 22.8. The highest BCUT2D eigenvalue weighted by molar-refractivity contribution is 6.01. The van der Waals surface area contributed by atoms with Crippen LogP contribution in [-0.2, 0) is 19.1 Å². The van der Waals surface area contributed by atoms with E-state index < -0.39 is 24.2 Å². The zero-order chi connectivity index (χ0) is 25.2. The van der Waals surface area contributed by atoms with E-state index in [0.29, 0.717) is 30.8 Å². The fourth-order valence-corrected chi connectivity index (χ4v) is 4.24. The first-order valence-electron chi connectivity index (χ1n) is 10.2. The van der Waals surface area contributed by atoms with Gasteiger partial charge in [0.05, 0.1) is 11.7 Å². The first kappa shape index (κ1) is 25.0. The third-order valence-corrected chi connectivity index (χ3v) is 5.67. The molecule has 2 amide bonds. The molecule has 1 aromatic heterocycles. The predicted molar refractivity (Wildman–Crippen MR) is 107 cm³/mol. The Morgan fingerprint density at radius 1 is 1.26 bits per heavy atom. The van der Waals surface area contributed by atoms with E-state index in [4.69, 9.17) is 14.6 Å². The number of ether oxygens (including phenoxy) is 1. The van der Waals surface area contributed by atoms with Crippen molar-refractivity contribution in [3.05, 3.63) is 35.8 Å². The van der Waals surface area contributed by atoms with Crippen molar-refractivity contribution in [3.8, 4) is 0 Å². The number of hydrogen-bond acceptors (Lipinski definition) is 7. The van der Waals surface area contributed by atoms with Crippen LogP contribution in [0.3, 0.4) is 0 Å². The standard InChI is InChI=1S/C18H20N4O5.C2HF3O2/c1-2-21(10-3-6-19-7-4-10)18(26)27-9-12-11-5-8-20-13-14(11)22(16(13)23)15(12)17(24)25;3-2(4,5)1(6)7/h3-4,6-7,11,13-14,20H,2,5,8-9H2,1H3,(H,24,25);(H,6,7)/t11?,13-,14+;/m0./s1. The Morgan fingerprint density at radius 2 is 1.88 bits per heavy atom. The highest BCUT2D eigenvalue weighted by Gasteiger charge is 2.61. The van der Waals surface area contributed by atoms with Gasteiger partial charge in [-0.05, 0) is 32.0 Å². The van der Waals surface area contributed by atoms with Crippen LogP contribution in [0.4, 0.5) is 23.7 Å². The maximum Gasteiger partial charge on any atom is 0.490 e. The highest BCUT2D eigenvalue weighted by Crippen LogP contribution is 2.46. The number of carboxylic acids is 2. The molecule has 2 saturated heterocycles. The van der Waals surface area contributed by atoms with Crippen molar-refractivity contribution in [2.45, 2.75) is 31.6 Å². The molecule has 14 heteroatoms. The van der Waals surface area contributed by atoms with E-state index in [2.05, 4.69) is 10.3 Å². The third-order valence-electron chi connectivity index (χ3n) is 5.67. The average Bonchev–Trinajstić information content (AvgIpc) is 3.12. The van der Waals surface area contributed by atoms with Gasteiger partial charge in [-0.3, -0.25) is 19.6 Å². The Morgan fingerprint density at radius 3 is 2.41 bits per heavy atom. The van der Waals surface area contributed by atoms with Gasteiger partial charge in [-0.15, -0.1) is 0 Å². The summed E-state index contributed by atoms with van der Waals surface area (Å²) in [6.45, 7) is 2.71. The zero-order valence-corrected chi connectivity index (χ0v) is 17.8. The highest BCUT2D eigenvalue weighted by atomic mass is 19.4. The van der Waals surface area contributed by atoms with Crippen LogP contribution in [0.25, 0.3) is 0 Å². The lowest BCUT2D eigenvalue weighted by Gasteiger charge is -2.48. The number of halogens is 3. The monoisotopic (exact) mass is 486 g/mol. The molecule has 0 bridgehead atoms. The number of aliphatic carboxylic acids is 2. The number of rotatable bonds is 5. The van der Waals surface area contributed by atoms with Gasteiger partial charge in [-0.25, -0.2) is 14.4 Å². The largest absolute Gasteiger partial charge is 0.490 e. The van der Waals surface area contributed by atoms with Crippen molar-refractivity contribution in [1.29, 1.82) is 0 Å². The quantitative estimate of drug-likeness (QED) is 0.522. The Bertz CT molecular complexity index is 1020. The second kappa shape index (κ2) is 9.67. The number of pyridine rings is 1. The minimum atomic E-state index is -5.08. The molecule has 3 N–H and O–H groups in total. The summed E-state index contributed by atoms with van der Waals surface area (Å²) in [6.07, 6.45) is -1.78. The number of carbonyl (C=O) groups excluding carboxylic acids is 2. The molecular weight excluding hydrogens is 465 g/mol. The molecule has 0 spiro atoms. The van der Waals surface area contributed by atoms with Crippen LogP contribution in [0.5, 0.6) is 0 Å². The van der Waals surface area contributed by atoms with Crippen LogP contribution in [0, 0.1) is 5.92 Å². The van der Waals surface area contributed by atoms with Crippen molar-refractivity contribution in [1.82, 2.24) is 15.2 Å². The molecule has 0 radical (unpaired) electrons. The summed E-state index contributed by atoms with van der Waals surface area (Å²) in [5.41, 5.74) is 1.14. The van der Waals surface area contributed by atoms with Crippen LogP contribution in [0.15, 0.2) is 35.8 Å². The summed E-state index contributed by atoms with van der Waals surface area (Å²) in [7, 11) is 0. The molecule has 3 atom stereocenters. The van der Waals surface area contributed by atoms with Gasteiger partial charge in [-0.2, -0.15) is 13.2 Å². The van der Waals surface area contributed by atoms with E-state index in [9.17, 15) is 32.7 Å². The van der Waals surface area contributed by atoms with Gasteiger partial charge >= 0.3 is 24.2 Å². The van der Waals surface area contributed by atoms with Gasteiger partial charge in [0.25, 0.3) is 0 Å². The molecule has 184 valence electrons. The minimum absolute atomic E-state index is 0.0327. The maximum absolute atomic E-state index is 12.5. The van der Waals surface area contributed by atoms with E-state index in [1.807, 2.05) is 6.92 Å². The Kier molecular flexibility index (Phi) is 7.09. The molecule has 4 heterocycles. The van der Waals surface area contributed by atoms with E-state index in [1.54, 1.807) is 24.5 Å². The predicted octanol–water partition coefficient (Wildman–Crippen LogP) is 1.22. The van der Waals surface area contributed by atoms with Crippen LogP contribution in [0.2, 0.25) is 0 Å². The number of piperidine rings is 1. The van der Waals surface area contributed by atoms with Crippen molar-refractivity contribution >= 4 is 29.6 Å². The molecule has 1 aromatic rings. The number of carboxylic acid groups (broad SMARTS) is 2. The molecule has 3 aliphatic rings. The maximum atomic E-state index is 12.5. The lowest BCUT2D eigenvalue weighted by Crippen LogP contribution is -2.72. The number of β-lactam (4-membered cyclic amide) rings is 1. The summed E-state index contributed by atoms with van der Waals surface area (Å²) < 4.78 is 37.2. The van der Waals surface area contributed by atoms with Gasteiger partial charge < -0.3 is 20.3 Å². The van der Waals surface area contributed by atoms with Crippen molar-refractivity contribution in [2.75, 3.05) is 24.6 Å². The fourth-order valence-electron chi connectivity index (χ4n) is 4.24. The van der Waals surface area contributed by atoms with Gasteiger partial charge in [0.2, 0.25) is 5.91 Å². The number of alkyl halides is 3. The van der Waals surface area contributed by atoms with Crippen molar-refractivity contribution in [3.63, 3.8) is 0 Å². The second-order valence-corrected chi connectivity index (χ2v) is 7.51. The zero-order valence-electron chi connectivity index (χ0n) is 17.8. The average molecular weight is 486 g/mol. The summed E-state index contributed by atoms with van der Waals surface area (Å²) in [5, 5.41) is 19.9. The molecule has 1 unspecified atom stereocenters. The van der Waals surface area contributed by atoms with Gasteiger partial charge in [0, 0.05) is 30.4 Å². The smallest absolute Gasteiger partial charge is 0.477 e. The first-order valence-corrected chi connectivity index (χ1v) is 10.2. The topological polar surface area (TPSA) is 149 Å². The van der Waals surface area contributed by atoms with Crippen LogP contribution < -0.4 is 10.2 Å². The molecule has 11 nitrogen and oxygen atoms in total. The Hall–Kier alpha value is -3.68. The Labute approximate surface area is 190 Å². The SMILES string of the molecule is CCN(C(=O)OCC1=C(C(=O)O)N2C(=O)[C@H]3NCCC1[C@H]32)c1ccncc1.O=C(O)C(F)(F)F. The van der Waals surface area contributed by atoms with E-state index in [1.165, 1.54) is 9.80 Å². The summed E-state index contributed by atoms with van der Waals surface area (Å²) in [5.74, 6) is -4.24. The van der Waals surface area contributed by atoms with E-state index in [0.717, 1.165) is 0 Å². The molecule has 4 rings (SSSR count). The number of amides is 2. The lowest BCUT2D eigenvalue weighted by atomic mass is 9.79. The molecule has 34 heavy (non-hydrogen) atoms. The second-order valence-electron chi connectivity index (χ2n) is 7.51. The molecule has 0 saturated carbocycles. The summed E-state index contributed by atoms with van der Waals surface area (Å²) in [6, 6.07) is 2.87. The van der Waals surface area contributed by atoms with Gasteiger partial charge in [0.1, 0.15) is 18.3 Å². The van der Waals surface area contributed by atoms with E-state index >= 15 is 0 Å². The molecule has 3 aliphatic heterocycles. The van der Waals surface area contributed by atoms with Crippen LogP contribution in [-0.4, -0.2) is 82.0 Å². The number of anilines is 1. The fraction of sp³-hybridized carbons (Fsp3) is 0.450. The minimum Gasteiger partial charge on any atom is -0.477 e. The van der Waals surface area contributed by atoms with Crippen molar-refractivity contribution in [2.24, 2.45) is 5.92 Å². The van der Waals surface area contributed by atoms with Crippen LogP contribution in [0.1, 0.15) is 13.3 Å². The molecule has 2 fully saturated rings. The van der Waals surface area contributed by atoms with Crippen molar-refractivity contribution < 1.29 is 47.3 Å². The van der Waals surface area contributed by atoms with E-state index in [-0.39, 0.29) is 36.2 Å². The number of hydrogen-bond donors (Lipinski definition) is 3. The number of nitrogens with zero attached hydrogens (tertiary/aromatic N) is 3. The van der Waals surface area contributed by atoms with Gasteiger partial charge in [-0.1, -0.05) is 0 Å². The van der Waals surface area contributed by atoms with Gasteiger partial charge in [0.15, 0.2) is 0 Å². The summed E-state index contributed by atoms with van der Waals surface area (Å²) >= 11 is 0. The first-order chi connectivity index (χ1) is 16.0. The third kappa shape index (κ3) is 4.66. The number of carbonyl (C=O) groups is 4. The summed E-state index contributed by atoms with van der Waals surface area (Å²) in [4.78, 5) is 52.2. The molecular formula is C20H21F3N4O7. The van der Waals surface area contributed by atoms with Crippen LogP contribution >= 0.6 is 0 Å². The lowest BCUT2D eigenvalue weighted by molar-refractivity contribution is -0.192. The Balaban J connectivity index is 0.000000406. The number of aromatic nitrogens is 1. The molecule has 0 aliphatic carbocycles.